The molecule has 0 saturated carbocycles. The maximum Gasteiger partial charge on any atom is 0.0720 e. The number of benzene rings is 15. The van der Waals surface area contributed by atoms with Gasteiger partial charge >= 0.3 is 0 Å². The summed E-state index contributed by atoms with van der Waals surface area (Å²) >= 11 is 0. The lowest BCUT2D eigenvalue weighted by Gasteiger charge is -2.19. The molecule has 126 heavy (non-hydrogen) atoms. The van der Waals surface area contributed by atoms with E-state index in [9.17, 15) is 0 Å². The molecule has 606 valence electrons. The number of nitrogens with zero attached hydrogens (tertiary/aromatic N) is 6. The van der Waals surface area contributed by atoms with Crippen LogP contribution in [0.15, 0.2) is 365 Å². The van der Waals surface area contributed by atoms with Crippen molar-refractivity contribution in [3.63, 3.8) is 0 Å². The second kappa shape index (κ2) is 34.2. The lowest BCUT2D eigenvalue weighted by molar-refractivity contribution is 1.28. The third-order valence-electron chi connectivity index (χ3n) is 25.5. The number of hydrogen-bond acceptors (Lipinski definition) is 6. The van der Waals surface area contributed by atoms with Gasteiger partial charge in [0.1, 0.15) is 0 Å². The summed E-state index contributed by atoms with van der Waals surface area (Å²) in [5.41, 5.74) is 43.0. The molecule has 21 aromatic rings. The molecule has 0 atom stereocenters. The first-order chi connectivity index (χ1) is 61.5. The van der Waals surface area contributed by atoms with Gasteiger partial charge in [0.2, 0.25) is 0 Å². The average molecular weight is 1620 g/mol. The van der Waals surface area contributed by atoms with Gasteiger partial charge in [0, 0.05) is 94.1 Å². The van der Waals surface area contributed by atoms with Gasteiger partial charge in [-0.1, -0.05) is 255 Å². The third-order valence-corrected chi connectivity index (χ3v) is 25.5. The summed E-state index contributed by atoms with van der Waals surface area (Å²) in [6.07, 6.45) is 15.8. The van der Waals surface area contributed by atoms with Gasteiger partial charge < -0.3 is 0 Å². The van der Waals surface area contributed by atoms with Gasteiger partial charge in [-0.15, -0.1) is 0 Å². The van der Waals surface area contributed by atoms with Crippen LogP contribution in [0.5, 0.6) is 0 Å². The van der Waals surface area contributed by atoms with E-state index in [0.29, 0.717) is 0 Å². The van der Waals surface area contributed by atoms with Crippen molar-refractivity contribution >= 4 is 64.6 Å². The van der Waals surface area contributed by atoms with Gasteiger partial charge in [-0.2, -0.15) is 0 Å². The highest BCUT2D eigenvalue weighted by Gasteiger charge is 2.25. The number of hydrogen-bond donors (Lipinski definition) is 0. The van der Waals surface area contributed by atoms with Crippen molar-refractivity contribution < 1.29 is 0 Å². The molecule has 0 saturated heterocycles. The zero-order valence-electron chi connectivity index (χ0n) is 73.3. The molecule has 0 aliphatic rings. The Labute approximate surface area is 738 Å². The Morgan fingerprint density at radius 3 is 0.508 bits per heavy atom. The number of aromatic nitrogens is 6. The fourth-order valence-electron chi connectivity index (χ4n) is 20.0. The van der Waals surface area contributed by atoms with Crippen molar-refractivity contribution in [1.29, 1.82) is 0 Å². The molecule has 0 amide bonds. The molecule has 6 heterocycles. The van der Waals surface area contributed by atoms with Gasteiger partial charge in [0.15, 0.2) is 0 Å². The second-order valence-corrected chi connectivity index (χ2v) is 33.8. The topological polar surface area (TPSA) is 77.3 Å². The minimum absolute atomic E-state index is 0.978. The molecule has 0 aliphatic carbocycles. The molecule has 6 heteroatoms. The predicted molar refractivity (Wildman–Crippen MR) is 533 cm³/mol. The normalized spacial score (nSPS) is 11.3. The van der Waals surface area contributed by atoms with Crippen molar-refractivity contribution in [1.82, 2.24) is 29.9 Å². The SMILES string of the molecule is Cc1cccc(C)c1-c1cc(-c2c3ccccc3c(-c3ccnc(-c4c(C)cccc4C)c3)c3ccccc23)ccn1.Cc1cccc(C)c1-c1ccnc(-c2c3ccccc3c(-c3cc(-c4c(C)cccc4C)ccn3)c3ccccc23)c1.Cc1cccc(C)c1-c1cncc(-c2c3ccccc3c(-c3cncc(-c4c(C)cccc4C)c3)c3ccccc23)c1. The smallest absolute Gasteiger partial charge is 0.0720 e. The van der Waals surface area contributed by atoms with E-state index in [2.05, 4.69) is 399 Å². The van der Waals surface area contributed by atoms with Crippen LogP contribution in [0.25, 0.3) is 199 Å². The Balaban J connectivity index is 0.000000123. The highest BCUT2D eigenvalue weighted by molar-refractivity contribution is 6.24. The van der Waals surface area contributed by atoms with Crippen molar-refractivity contribution in [2.45, 2.75) is 83.1 Å². The van der Waals surface area contributed by atoms with Gasteiger partial charge in [0.25, 0.3) is 0 Å². The second-order valence-electron chi connectivity index (χ2n) is 33.8. The van der Waals surface area contributed by atoms with Gasteiger partial charge in [-0.05, 0) is 342 Å². The summed E-state index contributed by atoms with van der Waals surface area (Å²) in [4.78, 5) is 29.1. The molecule has 0 radical (unpaired) electrons. The molecule has 0 spiro atoms. The Morgan fingerprint density at radius 2 is 0.294 bits per heavy atom. The zero-order valence-corrected chi connectivity index (χ0v) is 73.3. The van der Waals surface area contributed by atoms with E-state index < -0.39 is 0 Å². The molecule has 6 nitrogen and oxygen atoms in total. The predicted octanol–water partition coefficient (Wildman–Crippen LogP) is 32.1. The first-order valence-corrected chi connectivity index (χ1v) is 43.5. The van der Waals surface area contributed by atoms with E-state index in [1.165, 1.54) is 209 Å². The average Bonchev–Trinajstić information content (AvgIpc) is 0.739. The highest BCUT2D eigenvalue weighted by Crippen LogP contribution is 2.50. The van der Waals surface area contributed by atoms with Crippen LogP contribution >= 0.6 is 0 Å². The Bertz CT molecular complexity index is 6400. The monoisotopic (exact) mass is 1620 g/mol. The summed E-state index contributed by atoms with van der Waals surface area (Å²) in [6.45, 7) is 26.1. The molecule has 6 aromatic heterocycles. The maximum atomic E-state index is 4.95. The summed E-state index contributed by atoms with van der Waals surface area (Å²) < 4.78 is 0. The van der Waals surface area contributed by atoms with E-state index >= 15 is 0 Å². The number of aryl methyl sites for hydroxylation is 12. The number of pyridine rings is 6. The van der Waals surface area contributed by atoms with Crippen LogP contribution < -0.4 is 0 Å². The molecule has 21 rings (SSSR count). The number of rotatable bonds is 12. The summed E-state index contributed by atoms with van der Waals surface area (Å²) in [5.74, 6) is 0. The minimum Gasteiger partial charge on any atom is -0.263 e. The van der Waals surface area contributed by atoms with E-state index in [1.807, 2.05) is 49.6 Å². The Hall–Kier alpha value is -15.2. The summed E-state index contributed by atoms with van der Waals surface area (Å²) in [6, 6.07) is 114. The van der Waals surface area contributed by atoms with Crippen LogP contribution in [0, 0.1) is 83.1 Å². The van der Waals surface area contributed by atoms with Gasteiger partial charge in [0.05, 0.1) is 22.8 Å². The lowest BCUT2D eigenvalue weighted by atomic mass is 9.85. The number of fused-ring (bicyclic) bond motifs is 6. The van der Waals surface area contributed by atoms with Crippen molar-refractivity contribution in [3.8, 4) is 134 Å². The van der Waals surface area contributed by atoms with Gasteiger partial charge in [-0.25, -0.2) is 0 Å². The van der Waals surface area contributed by atoms with Crippen molar-refractivity contribution in [3.05, 3.63) is 432 Å². The van der Waals surface area contributed by atoms with Crippen molar-refractivity contribution in [2.75, 3.05) is 0 Å². The van der Waals surface area contributed by atoms with E-state index in [-0.39, 0.29) is 0 Å². The third kappa shape index (κ3) is 14.9. The van der Waals surface area contributed by atoms with E-state index in [1.54, 1.807) is 0 Å². The molecule has 0 fully saturated rings. The molecule has 0 aliphatic heterocycles. The van der Waals surface area contributed by atoms with Crippen LogP contribution in [-0.4, -0.2) is 29.9 Å². The molecule has 15 aromatic carbocycles. The molecular weight excluding hydrogens is 1530 g/mol. The Morgan fingerprint density at radius 1 is 0.135 bits per heavy atom. The summed E-state index contributed by atoms with van der Waals surface area (Å²) in [7, 11) is 0. The fraction of sp³-hybridized carbons (Fsp3) is 0.100. The van der Waals surface area contributed by atoms with Crippen LogP contribution in [-0.2, 0) is 0 Å². The summed E-state index contributed by atoms with van der Waals surface area (Å²) in [5, 5.41) is 14.5. The van der Waals surface area contributed by atoms with E-state index in [0.717, 1.165) is 56.2 Å². The maximum absolute atomic E-state index is 4.95. The van der Waals surface area contributed by atoms with Gasteiger partial charge in [-0.3, -0.25) is 29.9 Å². The molecular formula is C120H96N6. The first kappa shape index (κ1) is 80.5. The first-order valence-electron chi connectivity index (χ1n) is 43.5. The zero-order chi connectivity index (χ0) is 86.4. The van der Waals surface area contributed by atoms with E-state index in [4.69, 9.17) is 29.9 Å². The van der Waals surface area contributed by atoms with Crippen LogP contribution in [0.3, 0.4) is 0 Å². The Kier molecular flexibility index (Phi) is 21.9. The van der Waals surface area contributed by atoms with Crippen LogP contribution in [0.4, 0.5) is 0 Å². The standard InChI is InChI=1S/3C40H32N2/c1-25-11-9-12-26(2)37(25)29-19-31(23-41-21-29)39-33-15-5-7-17-35(33)40(36-18-8-6-16-34(36)39)32-20-30(22-42-24-32)38-27(3)13-10-14-28(38)4;1-25-11-9-12-26(2)37(25)35-23-29(19-21-41-35)39-31-15-5-7-17-33(31)40(34-18-8-6-16-32(34)39)30-20-22-42-36(24-30)38-27(3)13-10-14-28(38)4;1-25-11-9-12-26(2)37(25)29-19-21-41-35(23-29)39-31-15-5-7-17-33(31)40(34-18-8-6-16-32(34)39)36-24-30(20-22-42-36)38-27(3)13-10-14-28(38)4/h3*5-24H,1-4H3. The quantitative estimate of drug-likeness (QED) is 0.113. The van der Waals surface area contributed by atoms with Crippen LogP contribution in [0.2, 0.25) is 0 Å². The largest absolute Gasteiger partial charge is 0.263 e. The minimum atomic E-state index is 0.978. The fourth-order valence-corrected chi connectivity index (χ4v) is 20.0. The molecule has 0 bridgehead atoms. The highest BCUT2D eigenvalue weighted by atomic mass is 14.7. The lowest BCUT2D eigenvalue weighted by Crippen LogP contribution is -1.95. The van der Waals surface area contributed by atoms with Crippen LogP contribution in [0.1, 0.15) is 66.8 Å². The molecule has 0 unspecified atom stereocenters. The van der Waals surface area contributed by atoms with Crippen molar-refractivity contribution in [2.24, 2.45) is 0 Å². The molecule has 0 N–H and O–H groups in total.